The van der Waals surface area contributed by atoms with E-state index in [1.54, 1.807) is 20.2 Å². The van der Waals surface area contributed by atoms with Gasteiger partial charge >= 0.3 is 5.69 Å². The molecule has 2 aromatic carbocycles. The number of sulfonamides is 1. The van der Waals surface area contributed by atoms with Crippen LogP contribution in [0.1, 0.15) is 0 Å². The van der Waals surface area contributed by atoms with Crippen molar-refractivity contribution in [1.82, 2.24) is 9.13 Å². The first-order valence-corrected chi connectivity index (χ1v) is 9.70. The Kier molecular flexibility index (Phi) is 4.99. The van der Waals surface area contributed by atoms with E-state index in [0.717, 1.165) is 0 Å². The van der Waals surface area contributed by atoms with Crippen molar-refractivity contribution >= 4 is 26.7 Å². The Labute approximate surface area is 162 Å². The van der Waals surface area contributed by atoms with Gasteiger partial charge in [-0.15, -0.1) is 0 Å². The molecule has 0 saturated carbocycles. The molecule has 0 radical (unpaired) electrons. The highest BCUT2D eigenvalue weighted by Gasteiger charge is 2.20. The topological polar surface area (TPSA) is 101 Å². The maximum absolute atomic E-state index is 12.9. The number of hydrogen-bond donors (Lipinski definition) is 1. The number of aryl methyl sites for hydroxylation is 2. The van der Waals surface area contributed by atoms with Crippen LogP contribution in [0.5, 0.6) is 17.2 Å². The lowest BCUT2D eigenvalue weighted by molar-refractivity contribution is 0.325. The van der Waals surface area contributed by atoms with E-state index in [2.05, 4.69) is 4.72 Å². The fraction of sp³-hybridized carbons (Fsp3) is 0.278. The van der Waals surface area contributed by atoms with Gasteiger partial charge in [0.1, 0.15) is 0 Å². The number of aromatic nitrogens is 2. The fourth-order valence-electron chi connectivity index (χ4n) is 3.01. The lowest BCUT2D eigenvalue weighted by Gasteiger charge is -2.15. The van der Waals surface area contributed by atoms with Crippen molar-refractivity contribution in [2.75, 3.05) is 26.1 Å². The number of ether oxygens (including phenoxy) is 3. The third-order valence-corrected chi connectivity index (χ3v) is 5.85. The highest BCUT2D eigenvalue weighted by atomic mass is 32.2. The molecule has 0 aliphatic heterocycles. The summed E-state index contributed by atoms with van der Waals surface area (Å²) >= 11 is 0. The Hall–Kier alpha value is -3.14. The molecular formula is C18H21N3O6S. The summed E-state index contributed by atoms with van der Waals surface area (Å²) in [5.41, 5.74) is 1.16. The second kappa shape index (κ2) is 7.12. The van der Waals surface area contributed by atoms with E-state index in [9.17, 15) is 13.2 Å². The summed E-state index contributed by atoms with van der Waals surface area (Å²) in [5, 5.41) is 0. The Morgan fingerprint density at radius 1 is 0.857 bits per heavy atom. The summed E-state index contributed by atoms with van der Waals surface area (Å²) in [6.45, 7) is 0. The zero-order valence-corrected chi connectivity index (χ0v) is 17.0. The van der Waals surface area contributed by atoms with Gasteiger partial charge in [-0.2, -0.15) is 0 Å². The van der Waals surface area contributed by atoms with Crippen molar-refractivity contribution in [1.29, 1.82) is 0 Å². The molecule has 0 aliphatic carbocycles. The van der Waals surface area contributed by atoms with Gasteiger partial charge < -0.3 is 14.2 Å². The van der Waals surface area contributed by atoms with Crippen molar-refractivity contribution in [2.45, 2.75) is 4.90 Å². The lowest BCUT2D eigenvalue weighted by atomic mass is 10.2. The van der Waals surface area contributed by atoms with Crippen LogP contribution in [0.3, 0.4) is 0 Å². The van der Waals surface area contributed by atoms with Crippen LogP contribution in [-0.4, -0.2) is 38.9 Å². The van der Waals surface area contributed by atoms with Gasteiger partial charge in [-0.05, 0) is 18.2 Å². The largest absolute Gasteiger partial charge is 0.493 e. The van der Waals surface area contributed by atoms with Crippen molar-refractivity contribution in [3.8, 4) is 17.2 Å². The van der Waals surface area contributed by atoms with E-state index in [-0.39, 0.29) is 16.3 Å². The molecule has 9 nitrogen and oxygen atoms in total. The van der Waals surface area contributed by atoms with Gasteiger partial charge in [-0.3, -0.25) is 13.9 Å². The standard InChI is InChI=1S/C18H21N3O6S/c1-20-13-7-6-12(10-14(13)21(2)18(20)22)28(23,24)19-11-8-15(25-3)17(27-5)16(9-11)26-4/h6-10,19H,1-5H3. The normalized spacial score (nSPS) is 11.5. The second-order valence-electron chi connectivity index (χ2n) is 6.07. The first kappa shape index (κ1) is 19.6. The lowest BCUT2D eigenvalue weighted by Crippen LogP contribution is -2.19. The number of nitrogens with one attached hydrogen (secondary N) is 1. The average molecular weight is 407 g/mol. The van der Waals surface area contributed by atoms with E-state index in [1.165, 1.54) is 54.7 Å². The fourth-order valence-corrected chi connectivity index (χ4v) is 4.07. The molecule has 0 amide bonds. The van der Waals surface area contributed by atoms with E-state index in [0.29, 0.717) is 28.3 Å². The molecule has 3 aromatic rings. The molecule has 1 N–H and O–H groups in total. The Balaban J connectivity index is 2.06. The third kappa shape index (κ3) is 3.15. The number of nitrogens with zero attached hydrogens (tertiary/aromatic N) is 2. The monoisotopic (exact) mass is 407 g/mol. The molecule has 0 fully saturated rings. The Morgan fingerprint density at radius 3 is 1.96 bits per heavy atom. The van der Waals surface area contributed by atoms with Gasteiger partial charge in [-0.1, -0.05) is 0 Å². The zero-order valence-electron chi connectivity index (χ0n) is 16.1. The van der Waals surface area contributed by atoms with Crippen LogP contribution in [0.15, 0.2) is 40.0 Å². The van der Waals surface area contributed by atoms with Crippen LogP contribution in [-0.2, 0) is 24.1 Å². The molecule has 0 spiro atoms. The van der Waals surface area contributed by atoms with Gasteiger partial charge in [0.25, 0.3) is 10.0 Å². The molecule has 0 atom stereocenters. The van der Waals surface area contributed by atoms with Crippen LogP contribution >= 0.6 is 0 Å². The van der Waals surface area contributed by atoms with Gasteiger partial charge in [0, 0.05) is 26.2 Å². The van der Waals surface area contributed by atoms with Gasteiger partial charge in [0.15, 0.2) is 11.5 Å². The zero-order chi connectivity index (χ0) is 20.6. The number of anilines is 1. The smallest absolute Gasteiger partial charge is 0.328 e. The summed E-state index contributed by atoms with van der Waals surface area (Å²) in [4.78, 5) is 12.1. The number of methoxy groups -OCH3 is 3. The molecular weight excluding hydrogens is 386 g/mol. The van der Waals surface area contributed by atoms with E-state index < -0.39 is 10.0 Å². The summed E-state index contributed by atoms with van der Waals surface area (Å²) in [6, 6.07) is 7.49. The Morgan fingerprint density at radius 2 is 1.43 bits per heavy atom. The van der Waals surface area contributed by atoms with Gasteiger partial charge in [0.05, 0.1) is 42.9 Å². The van der Waals surface area contributed by atoms with E-state index in [1.807, 2.05) is 0 Å². The average Bonchev–Trinajstić information content (AvgIpc) is 2.90. The van der Waals surface area contributed by atoms with E-state index in [4.69, 9.17) is 14.2 Å². The van der Waals surface area contributed by atoms with Crippen LogP contribution in [0.4, 0.5) is 5.69 Å². The molecule has 0 saturated heterocycles. The number of fused-ring (bicyclic) bond motifs is 1. The van der Waals surface area contributed by atoms with Crippen LogP contribution in [0, 0.1) is 0 Å². The first-order valence-electron chi connectivity index (χ1n) is 8.21. The SMILES string of the molecule is COc1cc(NS(=O)(=O)c2ccc3c(c2)n(C)c(=O)n3C)cc(OC)c1OC. The number of benzene rings is 2. The highest BCUT2D eigenvalue weighted by Crippen LogP contribution is 2.40. The van der Waals surface area contributed by atoms with Crippen molar-refractivity contribution in [3.05, 3.63) is 40.8 Å². The molecule has 0 bridgehead atoms. The highest BCUT2D eigenvalue weighted by molar-refractivity contribution is 7.92. The summed E-state index contributed by atoms with van der Waals surface area (Å²) in [5.74, 6) is 0.995. The molecule has 1 heterocycles. The summed E-state index contributed by atoms with van der Waals surface area (Å²) < 4.78 is 46.9. The minimum atomic E-state index is -3.92. The number of rotatable bonds is 6. The predicted octanol–water partition coefficient (Wildman–Crippen LogP) is 1.70. The van der Waals surface area contributed by atoms with Crippen molar-refractivity contribution < 1.29 is 22.6 Å². The minimum Gasteiger partial charge on any atom is -0.493 e. The Bertz CT molecular complexity index is 1190. The molecule has 150 valence electrons. The molecule has 3 rings (SSSR count). The second-order valence-corrected chi connectivity index (χ2v) is 7.75. The van der Waals surface area contributed by atoms with Crippen LogP contribution in [0.25, 0.3) is 11.0 Å². The summed E-state index contributed by atoms with van der Waals surface area (Å²) in [6.07, 6.45) is 0. The molecule has 10 heteroatoms. The van der Waals surface area contributed by atoms with Crippen molar-refractivity contribution in [3.63, 3.8) is 0 Å². The number of imidazole rings is 1. The molecule has 28 heavy (non-hydrogen) atoms. The van der Waals surface area contributed by atoms with Crippen LogP contribution in [0.2, 0.25) is 0 Å². The molecule has 0 aliphatic rings. The van der Waals surface area contributed by atoms with E-state index >= 15 is 0 Å². The maximum atomic E-state index is 12.9. The van der Waals surface area contributed by atoms with Crippen LogP contribution < -0.4 is 24.6 Å². The first-order chi connectivity index (χ1) is 13.2. The predicted molar refractivity (Wildman–Crippen MR) is 105 cm³/mol. The molecule has 0 unspecified atom stereocenters. The van der Waals surface area contributed by atoms with Gasteiger partial charge in [-0.25, -0.2) is 13.2 Å². The molecule has 1 aromatic heterocycles. The van der Waals surface area contributed by atoms with Gasteiger partial charge in [0.2, 0.25) is 5.75 Å². The minimum absolute atomic E-state index is 0.0231. The quantitative estimate of drug-likeness (QED) is 0.668. The third-order valence-electron chi connectivity index (χ3n) is 4.47. The number of hydrogen-bond acceptors (Lipinski definition) is 6. The summed E-state index contributed by atoms with van der Waals surface area (Å²) in [7, 11) is 3.65. The van der Waals surface area contributed by atoms with Crippen molar-refractivity contribution in [2.24, 2.45) is 14.1 Å². The maximum Gasteiger partial charge on any atom is 0.328 e.